The molecule has 0 heterocycles. The Bertz CT molecular complexity index is 566. The maximum atomic E-state index is 12.5. The zero-order valence-electron chi connectivity index (χ0n) is 14.5. The highest BCUT2D eigenvalue weighted by Crippen LogP contribution is 2.65. The van der Waals surface area contributed by atoms with Gasteiger partial charge in [-0.05, 0) is 36.5 Å². The van der Waals surface area contributed by atoms with Crippen molar-refractivity contribution in [2.24, 2.45) is 11.3 Å². The molecule has 5 heteroatoms. The van der Waals surface area contributed by atoms with E-state index in [4.69, 9.17) is 16.3 Å². The van der Waals surface area contributed by atoms with Gasteiger partial charge in [-0.25, -0.2) is 0 Å². The number of aliphatic hydroxyl groups excluding tert-OH is 1. The molecule has 1 aliphatic carbocycles. The molecule has 1 aromatic carbocycles. The van der Waals surface area contributed by atoms with Crippen molar-refractivity contribution in [3.05, 3.63) is 29.8 Å². The lowest BCUT2D eigenvalue weighted by atomic mass is 9.74. The molecule has 0 amide bonds. The summed E-state index contributed by atoms with van der Waals surface area (Å²) < 4.78 is 4.96. The number of ether oxygens (including phenoxy) is 1. The summed E-state index contributed by atoms with van der Waals surface area (Å²) in [6.07, 6.45) is 0.518. The second kappa shape index (κ2) is 6.33. The average molecular weight is 340 g/mol. The molecule has 0 radical (unpaired) electrons. The fourth-order valence-corrected chi connectivity index (χ4v) is 4.03. The highest BCUT2D eigenvalue weighted by atomic mass is 35.5. The first-order valence-corrected chi connectivity index (χ1v) is 8.31. The second-order valence-corrected chi connectivity index (χ2v) is 7.50. The van der Waals surface area contributed by atoms with E-state index in [0.717, 1.165) is 18.5 Å². The van der Waals surface area contributed by atoms with E-state index < -0.39 is 22.4 Å². The third-order valence-corrected chi connectivity index (χ3v) is 5.94. The highest BCUT2D eigenvalue weighted by Gasteiger charge is 2.68. The van der Waals surface area contributed by atoms with Gasteiger partial charge in [0.15, 0.2) is 4.87 Å². The van der Waals surface area contributed by atoms with E-state index in [9.17, 15) is 9.90 Å². The van der Waals surface area contributed by atoms with Gasteiger partial charge >= 0.3 is 5.97 Å². The van der Waals surface area contributed by atoms with E-state index >= 15 is 0 Å². The largest absolute Gasteiger partial charge is 0.468 e. The van der Waals surface area contributed by atoms with Gasteiger partial charge in [-0.2, -0.15) is 0 Å². The number of carbonyl (C=O) groups is 1. The number of alkyl halides is 1. The molecular formula is C18H26ClNO3. The number of benzene rings is 1. The van der Waals surface area contributed by atoms with Crippen molar-refractivity contribution in [2.75, 3.05) is 26.1 Å². The van der Waals surface area contributed by atoms with Crippen LogP contribution in [0.5, 0.6) is 0 Å². The Morgan fingerprint density at radius 3 is 2.17 bits per heavy atom. The monoisotopic (exact) mass is 339 g/mol. The lowest BCUT2D eigenvalue weighted by Crippen LogP contribution is -2.50. The van der Waals surface area contributed by atoms with E-state index in [1.807, 2.05) is 57.1 Å². The maximum Gasteiger partial charge on any atom is 0.330 e. The first-order valence-electron chi connectivity index (χ1n) is 7.93. The number of hydrogen-bond donors (Lipinski definition) is 1. The molecule has 1 N–H and O–H groups in total. The van der Waals surface area contributed by atoms with Gasteiger partial charge in [0.25, 0.3) is 0 Å². The van der Waals surface area contributed by atoms with Gasteiger partial charge in [-0.3, -0.25) is 4.79 Å². The van der Waals surface area contributed by atoms with E-state index in [2.05, 4.69) is 0 Å². The van der Waals surface area contributed by atoms with Gasteiger partial charge in [0, 0.05) is 25.2 Å². The zero-order chi connectivity index (χ0) is 17.4. The van der Waals surface area contributed by atoms with Crippen LogP contribution in [0.4, 0.5) is 5.69 Å². The first-order chi connectivity index (χ1) is 10.7. The van der Waals surface area contributed by atoms with Crippen molar-refractivity contribution in [1.29, 1.82) is 0 Å². The molecule has 23 heavy (non-hydrogen) atoms. The molecule has 0 aromatic heterocycles. The molecule has 128 valence electrons. The Labute approximate surface area is 143 Å². The van der Waals surface area contributed by atoms with Gasteiger partial charge in [-0.1, -0.05) is 26.0 Å². The number of carbonyl (C=O) groups excluding carboxylic acids is 1. The van der Waals surface area contributed by atoms with Crippen LogP contribution in [0.1, 0.15) is 38.4 Å². The predicted molar refractivity (Wildman–Crippen MR) is 92.8 cm³/mol. The molecule has 0 spiro atoms. The van der Waals surface area contributed by atoms with Crippen LogP contribution in [0.3, 0.4) is 0 Å². The van der Waals surface area contributed by atoms with Gasteiger partial charge in [-0.15, -0.1) is 11.6 Å². The number of halogens is 1. The SMILES string of the molecule is COC(=O)[C@](Cl)([C@@H](O)c1ccc(N(C)C)cc1)C1(C(C)C)CC1. The fraction of sp³-hybridized carbons (Fsp3) is 0.611. The summed E-state index contributed by atoms with van der Waals surface area (Å²) in [4.78, 5) is 13.0. The topological polar surface area (TPSA) is 49.8 Å². The molecular weight excluding hydrogens is 314 g/mol. The molecule has 1 aliphatic rings. The fourth-order valence-electron chi connectivity index (χ4n) is 3.42. The Balaban J connectivity index is 2.42. The van der Waals surface area contributed by atoms with Crippen LogP contribution in [0.2, 0.25) is 0 Å². The summed E-state index contributed by atoms with van der Waals surface area (Å²) in [5.41, 5.74) is 1.22. The molecule has 0 unspecified atom stereocenters. The van der Waals surface area contributed by atoms with Crippen molar-refractivity contribution in [3.63, 3.8) is 0 Å². The molecule has 1 fully saturated rings. The van der Waals surface area contributed by atoms with E-state index in [-0.39, 0.29) is 5.92 Å². The summed E-state index contributed by atoms with van der Waals surface area (Å²) in [7, 11) is 5.21. The highest BCUT2D eigenvalue weighted by molar-refractivity contribution is 6.35. The minimum atomic E-state index is -1.46. The first kappa shape index (κ1) is 18.1. The molecule has 0 aliphatic heterocycles. The summed E-state index contributed by atoms with van der Waals surface area (Å²) in [6.45, 7) is 4.07. The lowest BCUT2D eigenvalue weighted by molar-refractivity contribution is -0.151. The summed E-state index contributed by atoms with van der Waals surface area (Å²) >= 11 is 6.79. The lowest BCUT2D eigenvalue weighted by Gasteiger charge is -2.39. The molecule has 2 rings (SSSR count). The summed E-state index contributed by atoms with van der Waals surface area (Å²) in [5.74, 6) is -0.385. The maximum absolute atomic E-state index is 12.5. The van der Waals surface area contributed by atoms with Crippen molar-refractivity contribution in [2.45, 2.75) is 37.7 Å². The van der Waals surface area contributed by atoms with Gasteiger partial charge in [0.2, 0.25) is 0 Å². The second-order valence-electron chi connectivity index (χ2n) is 6.90. The van der Waals surface area contributed by atoms with Crippen LogP contribution in [-0.4, -0.2) is 37.2 Å². The Morgan fingerprint density at radius 1 is 1.30 bits per heavy atom. The van der Waals surface area contributed by atoms with Crippen LogP contribution in [0.15, 0.2) is 24.3 Å². The third-order valence-electron chi connectivity index (χ3n) is 5.20. The molecule has 4 nitrogen and oxygen atoms in total. The molecule has 0 bridgehead atoms. The Hall–Kier alpha value is -1.26. The van der Waals surface area contributed by atoms with Crippen molar-refractivity contribution in [3.8, 4) is 0 Å². The van der Waals surface area contributed by atoms with Crippen molar-refractivity contribution in [1.82, 2.24) is 0 Å². The molecule has 2 atom stereocenters. The zero-order valence-corrected chi connectivity index (χ0v) is 15.2. The quantitative estimate of drug-likeness (QED) is 0.637. The van der Waals surface area contributed by atoms with Crippen LogP contribution in [-0.2, 0) is 9.53 Å². The van der Waals surface area contributed by atoms with Crippen LogP contribution in [0, 0.1) is 11.3 Å². The summed E-state index contributed by atoms with van der Waals surface area (Å²) in [6, 6.07) is 7.44. The van der Waals surface area contributed by atoms with Crippen LogP contribution in [0.25, 0.3) is 0 Å². The Morgan fingerprint density at radius 2 is 1.83 bits per heavy atom. The number of methoxy groups -OCH3 is 1. The normalized spacial score (nSPS) is 19.8. The number of anilines is 1. The average Bonchev–Trinajstić information content (AvgIpc) is 3.34. The number of esters is 1. The van der Waals surface area contributed by atoms with E-state index in [1.165, 1.54) is 7.11 Å². The Kier molecular flexibility index (Phi) is 4.97. The van der Waals surface area contributed by atoms with Gasteiger partial charge in [0.1, 0.15) is 6.10 Å². The van der Waals surface area contributed by atoms with Crippen molar-refractivity contribution >= 4 is 23.3 Å². The molecule has 0 saturated heterocycles. The third kappa shape index (κ3) is 2.83. The van der Waals surface area contributed by atoms with E-state index in [0.29, 0.717) is 5.56 Å². The van der Waals surface area contributed by atoms with Crippen molar-refractivity contribution < 1.29 is 14.6 Å². The minimum absolute atomic E-state index is 0.176. The van der Waals surface area contributed by atoms with Gasteiger partial charge in [0.05, 0.1) is 7.11 Å². The number of nitrogens with zero attached hydrogens (tertiary/aromatic N) is 1. The smallest absolute Gasteiger partial charge is 0.330 e. The number of rotatable bonds is 6. The number of aliphatic hydroxyl groups is 1. The van der Waals surface area contributed by atoms with E-state index in [1.54, 1.807) is 0 Å². The number of hydrogen-bond acceptors (Lipinski definition) is 4. The van der Waals surface area contributed by atoms with Gasteiger partial charge < -0.3 is 14.7 Å². The predicted octanol–water partition coefficient (Wildman–Crippen LogP) is 3.37. The minimum Gasteiger partial charge on any atom is -0.468 e. The standard InChI is InChI=1S/C18H26ClNO3/c1-12(2)17(10-11-17)18(19,16(22)23-5)15(21)13-6-8-14(9-7-13)20(3)4/h6-9,12,15,21H,10-11H2,1-5H3/t15-,18+/m0/s1. The van der Waals surface area contributed by atoms with Crippen LogP contribution >= 0.6 is 11.6 Å². The molecule has 1 saturated carbocycles. The van der Waals surface area contributed by atoms with Crippen LogP contribution < -0.4 is 4.90 Å². The summed E-state index contributed by atoms with van der Waals surface area (Å²) in [5, 5.41) is 10.9. The molecule has 1 aromatic rings.